The maximum Gasteiger partial charge on any atom is 0.293 e. The van der Waals surface area contributed by atoms with Gasteiger partial charge in [-0.3, -0.25) is 20.2 Å². The highest BCUT2D eigenvalue weighted by Gasteiger charge is 2.21. The first-order valence-electron chi connectivity index (χ1n) is 7.79. The molecule has 0 bridgehead atoms. The monoisotopic (exact) mass is 361 g/mol. The number of fused-ring (bicyclic) bond motifs is 1. The zero-order valence-corrected chi connectivity index (χ0v) is 15.1. The normalized spacial score (nSPS) is 14.0. The molecule has 0 unspecified atom stereocenters. The molecule has 1 aliphatic heterocycles. The van der Waals surface area contributed by atoms with Crippen molar-refractivity contribution >= 4 is 33.8 Å². The number of thiazole rings is 1. The Morgan fingerprint density at radius 2 is 2.20 bits per heavy atom. The van der Waals surface area contributed by atoms with Gasteiger partial charge in [0.1, 0.15) is 5.69 Å². The third-order valence-electron chi connectivity index (χ3n) is 4.06. The number of benzene rings is 1. The summed E-state index contributed by atoms with van der Waals surface area (Å²) in [7, 11) is 5.49. The number of amides is 1. The van der Waals surface area contributed by atoms with Crippen molar-refractivity contribution in [1.82, 2.24) is 9.88 Å². The van der Waals surface area contributed by atoms with Gasteiger partial charge in [0.2, 0.25) is 0 Å². The van der Waals surface area contributed by atoms with E-state index in [1.807, 2.05) is 7.05 Å². The number of hydrogen-bond acceptors (Lipinski definition) is 7. The molecule has 1 amide bonds. The van der Waals surface area contributed by atoms with E-state index in [4.69, 9.17) is 0 Å². The maximum absolute atomic E-state index is 12.5. The number of carbonyl (C=O) groups excluding carboxylic acids is 1. The van der Waals surface area contributed by atoms with Crippen LogP contribution in [-0.4, -0.2) is 48.4 Å². The minimum absolute atomic E-state index is 0.0993. The fourth-order valence-electron chi connectivity index (χ4n) is 2.74. The topological polar surface area (TPSA) is 91.6 Å². The van der Waals surface area contributed by atoms with E-state index in [0.29, 0.717) is 10.8 Å². The molecular formula is C16H19N5O3S. The molecule has 2 aromatic rings. The number of hydrogen-bond donors (Lipinski definition) is 1. The fourth-order valence-corrected chi connectivity index (χ4v) is 3.82. The molecule has 1 aliphatic rings. The molecule has 0 atom stereocenters. The lowest BCUT2D eigenvalue weighted by Gasteiger charge is -2.20. The lowest BCUT2D eigenvalue weighted by molar-refractivity contribution is -0.384. The lowest BCUT2D eigenvalue weighted by atomic mass is 10.1. The molecule has 0 fully saturated rings. The lowest BCUT2D eigenvalue weighted by Crippen LogP contribution is -2.25. The van der Waals surface area contributed by atoms with Crippen LogP contribution in [0.2, 0.25) is 0 Å². The minimum Gasteiger partial charge on any atom is -0.372 e. The molecule has 9 heteroatoms. The van der Waals surface area contributed by atoms with Crippen LogP contribution in [0.4, 0.5) is 16.5 Å². The Balaban J connectivity index is 1.82. The van der Waals surface area contributed by atoms with Crippen LogP contribution in [0.15, 0.2) is 18.2 Å². The van der Waals surface area contributed by atoms with Crippen molar-refractivity contribution in [3.8, 4) is 0 Å². The summed E-state index contributed by atoms with van der Waals surface area (Å²) in [6.45, 7) is 1.77. The molecule has 0 saturated heterocycles. The van der Waals surface area contributed by atoms with Crippen LogP contribution >= 0.6 is 11.3 Å². The number of rotatable bonds is 4. The second kappa shape index (κ2) is 6.77. The van der Waals surface area contributed by atoms with Crippen LogP contribution in [0.1, 0.15) is 20.9 Å². The van der Waals surface area contributed by atoms with Gasteiger partial charge >= 0.3 is 0 Å². The maximum atomic E-state index is 12.5. The molecule has 1 N–H and O–H groups in total. The fraction of sp³-hybridized carbons (Fsp3) is 0.375. The predicted molar refractivity (Wildman–Crippen MR) is 97.5 cm³/mol. The summed E-state index contributed by atoms with van der Waals surface area (Å²) in [6, 6.07) is 4.46. The third kappa shape index (κ3) is 3.62. The van der Waals surface area contributed by atoms with Crippen molar-refractivity contribution in [1.29, 1.82) is 0 Å². The quantitative estimate of drug-likeness (QED) is 0.664. The number of carbonyl (C=O) groups is 1. The molecule has 0 saturated carbocycles. The van der Waals surface area contributed by atoms with E-state index in [1.54, 1.807) is 31.1 Å². The van der Waals surface area contributed by atoms with Crippen molar-refractivity contribution in [3.63, 3.8) is 0 Å². The van der Waals surface area contributed by atoms with E-state index in [9.17, 15) is 14.9 Å². The Bertz CT molecular complexity index is 833. The number of nitrogens with zero attached hydrogens (tertiary/aromatic N) is 4. The van der Waals surface area contributed by atoms with Crippen LogP contribution in [0.3, 0.4) is 0 Å². The second-order valence-electron chi connectivity index (χ2n) is 6.19. The number of anilines is 2. The van der Waals surface area contributed by atoms with E-state index in [2.05, 4.69) is 15.2 Å². The van der Waals surface area contributed by atoms with Gasteiger partial charge in [-0.05, 0) is 19.2 Å². The Kier molecular flexibility index (Phi) is 4.69. The number of aromatic nitrogens is 1. The predicted octanol–water partition coefficient (Wildman–Crippen LogP) is 2.36. The molecule has 2 heterocycles. The van der Waals surface area contributed by atoms with E-state index in [1.165, 1.54) is 17.4 Å². The Morgan fingerprint density at radius 1 is 1.44 bits per heavy atom. The summed E-state index contributed by atoms with van der Waals surface area (Å²) >= 11 is 1.45. The van der Waals surface area contributed by atoms with Gasteiger partial charge in [0.15, 0.2) is 5.13 Å². The zero-order valence-electron chi connectivity index (χ0n) is 14.3. The second-order valence-corrected chi connectivity index (χ2v) is 7.27. The highest BCUT2D eigenvalue weighted by molar-refractivity contribution is 7.15. The van der Waals surface area contributed by atoms with Gasteiger partial charge in [-0.25, -0.2) is 4.98 Å². The molecule has 132 valence electrons. The van der Waals surface area contributed by atoms with Crippen LogP contribution < -0.4 is 10.2 Å². The van der Waals surface area contributed by atoms with Gasteiger partial charge < -0.3 is 9.80 Å². The number of nitro groups is 1. The van der Waals surface area contributed by atoms with Crippen molar-refractivity contribution in [2.45, 2.75) is 13.0 Å². The Labute approximate surface area is 149 Å². The molecule has 25 heavy (non-hydrogen) atoms. The van der Waals surface area contributed by atoms with Crippen molar-refractivity contribution < 1.29 is 9.72 Å². The van der Waals surface area contributed by atoms with Gasteiger partial charge in [0, 0.05) is 50.1 Å². The highest BCUT2D eigenvalue weighted by atomic mass is 32.1. The van der Waals surface area contributed by atoms with Gasteiger partial charge in [-0.1, -0.05) is 0 Å². The molecular weight excluding hydrogens is 342 g/mol. The van der Waals surface area contributed by atoms with Crippen molar-refractivity contribution in [3.05, 3.63) is 44.4 Å². The first-order chi connectivity index (χ1) is 11.8. The third-order valence-corrected chi connectivity index (χ3v) is 5.06. The van der Waals surface area contributed by atoms with Crippen molar-refractivity contribution in [2.75, 3.05) is 37.9 Å². The Hall–Kier alpha value is -2.52. The molecule has 0 radical (unpaired) electrons. The highest BCUT2D eigenvalue weighted by Crippen LogP contribution is 2.30. The zero-order chi connectivity index (χ0) is 18.1. The van der Waals surface area contributed by atoms with E-state index >= 15 is 0 Å². The summed E-state index contributed by atoms with van der Waals surface area (Å²) < 4.78 is 0. The number of nitro benzene ring substituents is 1. The summed E-state index contributed by atoms with van der Waals surface area (Å²) in [4.78, 5) is 32.7. The number of nitrogens with one attached hydrogen (secondary N) is 1. The minimum atomic E-state index is -0.482. The summed E-state index contributed by atoms with van der Waals surface area (Å²) in [5.41, 5.74) is 1.61. The molecule has 1 aromatic heterocycles. The number of likely N-dealkylation sites (N-methyl/N-ethyl adjacent to an activating group) is 1. The molecule has 3 rings (SSSR count). The average molecular weight is 361 g/mol. The van der Waals surface area contributed by atoms with Crippen LogP contribution in [0.5, 0.6) is 0 Å². The van der Waals surface area contributed by atoms with Crippen LogP contribution in [-0.2, 0) is 13.0 Å². The van der Waals surface area contributed by atoms with Gasteiger partial charge in [-0.2, -0.15) is 0 Å². The molecule has 0 aliphatic carbocycles. The van der Waals surface area contributed by atoms with Gasteiger partial charge in [0.05, 0.1) is 10.6 Å². The smallest absolute Gasteiger partial charge is 0.293 e. The average Bonchev–Trinajstić information content (AvgIpc) is 2.95. The largest absolute Gasteiger partial charge is 0.372 e. The molecule has 1 aromatic carbocycles. The molecule has 0 spiro atoms. The van der Waals surface area contributed by atoms with Crippen LogP contribution in [0.25, 0.3) is 0 Å². The van der Waals surface area contributed by atoms with Gasteiger partial charge in [-0.15, -0.1) is 11.3 Å². The summed E-state index contributed by atoms with van der Waals surface area (Å²) in [6.07, 6.45) is 0.862. The molecule has 8 nitrogen and oxygen atoms in total. The van der Waals surface area contributed by atoms with E-state index in [-0.39, 0.29) is 11.3 Å². The standard InChI is InChI=1S/C16H19N5O3S/c1-19(2)12-5-4-10(8-13(12)21(23)24)15(22)18-16-17-11-6-7-20(3)9-14(11)25-16/h4-5,8H,6-7,9H2,1-3H3,(H,17,18,22). The first kappa shape index (κ1) is 17.3. The first-order valence-corrected chi connectivity index (χ1v) is 8.61. The SMILES string of the molecule is CN1CCc2nc(NC(=O)c3ccc(N(C)C)c([N+](=O)[O-])c3)sc2C1. The summed E-state index contributed by atoms with van der Waals surface area (Å²) in [5, 5.41) is 14.5. The van der Waals surface area contributed by atoms with Crippen LogP contribution in [0, 0.1) is 10.1 Å². The Morgan fingerprint density at radius 3 is 2.88 bits per heavy atom. The van der Waals surface area contributed by atoms with E-state index < -0.39 is 10.8 Å². The van der Waals surface area contributed by atoms with Gasteiger partial charge in [0.25, 0.3) is 11.6 Å². The summed E-state index contributed by atoms with van der Waals surface area (Å²) in [5.74, 6) is -0.396. The van der Waals surface area contributed by atoms with Crippen molar-refractivity contribution in [2.24, 2.45) is 0 Å². The van der Waals surface area contributed by atoms with E-state index in [0.717, 1.165) is 30.1 Å².